The predicted molar refractivity (Wildman–Crippen MR) is 101 cm³/mol. The van der Waals surface area contributed by atoms with Gasteiger partial charge in [0.2, 0.25) is 0 Å². The fraction of sp³-hybridized carbons (Fsp3) is 0.368. The van der Waals surface area contributed by atoms with Gasteiger partial charge in [0, 0.05) is 37.8 Å². The van der Waals surface area contributed by atoms with Crippen molar-refractivity contribution in [3.63, 3.8) is 0 Å². The fourth-order valence-corrected chi connectivity index (χ4v) is 3.06. The minimum absolute atomic E-state index is 0.249. The van der Waals surface area contributed by atoms with Crippen molar-refractivity contribution in [2.45, 2.75) is 32.4 Å². The Morgan fingerprint density at radius 2 is 2.17 bits per heavy atom. The van der Waals surface area contributed by atoms with Crippen LogP contribution in [0.15, 0.2) is 48.8 Å². The maximum Gasteiger partial charge on any atom is 0.173 e. The van der Waals surface area contributed by atoms with Gasteiger partial charge in [0.15, 0.2) is 5.11 Å². The molecule has 1 unspecified atom stereocenters. The summed E-state index contributed by atoms with van der Waals surface area (Å²) in [5.41, 5.74) is 3.38. The van der Waals surface area contributed by atoms with E-state index in [1.807, 2.05) is 12.3 Å². The Morgan fingerprint density at radius 3 is 2.83 bits per heavy atom. The molecule has 1 N–H and O–H groups in total. The summed E-state index contributed by atoms with van der Waals surface area (Å²) in [6.45, 7) is 4.45. The molecule has 1 aromatic heterocycles. The van der Waals surface area contributed by atoms with Crippen LogP contribution in [0.4, 0.5) is 5.69 Å². The lowest BCUT2D eigenvalue weighted by Gasteiger charge is -2.28. The van der Waals surface area contributed by atoms with Gasteiger partial charge in [-0.1, -0.05) is 23.8 Å². The Bertz CT molecular complexity index is 654. The highest BCUT2D eigenvalue weighted by atomic mass is 32.1. The molecule has 1 saturated heterocycles. The van der Waals surface area contributed by atoms with Crippen LogP contribution in [0.1, 0.15) is 24.0 Å². The molecule has 2 heterocycles. The molecule has 0 saturated carbocycles. The molecule has 0 aliphatic carbocycles. The molecular weight excluding hydrogens is 318 g/mol. The van der Waals surface area contributed by atoms with Gasteiger partial charge in [0.1, 0.15) is 0 Å². The smallest absolute Gasteiger partial charge is 0.173 e. The first-order valence-electron chi connectivity index (χ1n) is 8.34. The van der Waals surface area contributed by atoms with Crippen LogP contribution in [0.3, 0.4) is 0 Å². The Labute approximate surface area is 148 Å². The maximum atomic E-state index is 5.79. The number of hydrogen-bond acceptors (Lipinski definition) is 3. The summed E-state index contributed by atoms with van der Waals surface area (Å²) in [6, 6.07) is 12.3. The zero-order valence-corrected chi connectivity index (χ0v) is 14.8. The van der Waals surface area contributed by atoms with E-state index < -0.39 is 0 Å². The van der Waals surface area contributed by atoms with Crippen molar-refractivity contribution < 1.29 is 4.74 Å². The van der Waals surface area contributed by atoms with Crippen molar-refractivity contribution in [3.8, 4) is 0 Å². The first-order valence-corrected chi connectivity index (χ1v) is 8.74. The van der Waals surface area contributed by atoms with Gasteiger partial charge in [-0.05, 0) is 55.7 Å². The third-order valence-electron chi connectivity index (χ3n) is 4.13. The van der Waals surface area contributed by atoms with Crippen LogP contribution >= 0.6 is 12.2 Å². The van der Waals surface area contributed by atoms with Gasteiger partial charge in [0.05, 0.1) is 6.10 Å². The average molecular weight is 341 g/mol. The second-order valence-electron chi connectivity index (χ2n) is 6.17. The number of ether oxygens (including phenoxy) is 1. The van der Waals surface area contributed by atoms with Crippen molar-refractivity contribution >= 4 is 23.0 Å². The molecule has 1 fully saturated rings. The zero-order chi connectivity index (χ0) is 16.8. The first-order chi connectivity index (χ1) is 11.7. The average Bonchev–Trinajstić information content (AvgIpc) is 3.10. The number of benzene rings is 1. The molecule has 5 heteroatoms. The topological polar surface area (TPSA) is 37.4 Å². The van der Waals surface area contributed by atoms with Gasteiger partial charge in [-0.15, -0.1) is 0 Å². The zero-order valence-electron chi connectivity index (χ0n) is 13.9. The van der Waals surface area contributed by atoms with Crippen LogP contribution in [-0.2, 0) is 11.3 Å². The summed E-state index contributed by atoms with van der Waals surface area (Å²) in [6.07, 6.45) is 6.15. The van der Waals surface area contributed by atoms with E-state index in [1.54, 1.807) is 6.20 Å². The van der Waals surface area contributed by atoms with Crippen molar-refractivity contribution in [1.82, 2.24) is 9.88 Å². The number of aryl methyl sites for hydroxylation is 1. The van der Waals surface area contributed by atoms with Gasteiger partial charge < -0.3 is 15.0 Å². The van der Waals surface area contributed by atoms with Crippen molar-refractivity contribution in [2.24, 2.45) is 0 Å². The number of nitrogens with zero attached hydrogens (tertiary/aromatic N) is 2. The lowest BCUT2D eigenvalue weighted by Crippen LogP contribution is -2.39. The molecule has 0 radical (unpaired) electrons. The van der Waals surface area contributed by atoms with Gasteiger partial charge in [0.25, 0.3) is 0 Å². The van der Waals surface area contributed by atoms with E-state index >= 15 is 0 Å². The molecule has 0 amide bonds. The van der Waals surface area contributed by atoms with Crippen LogP contribution in [0.5, 0.6) is 0 Å². The van der Waals surface area contributed by atoms with Crippen LogP contribution in [0, 0.1) is 6.92 Å². The highest BCUT2D eigenvalue weighted by molar-refractivity contribution is 7.80. The molecule has 126 valence electrons. The molecule has 24 heavy (non-hydrogen) atoms. The maximum absolute atomic E-state index is 5.79. The van der Waals surface area contributed by atoms with E-state index in [4.69, 9.17) is 17.0 Å². The van der Waals surface area contributed by atoms with E-state index in [9.17, 15) is 0 Å². The number of nitrogens with one attached hydrogen (secondary N) is 1. The monoisotopic (exact) mass is 341 g/mol. The van der Waals surface area contributed by atoms with Gasteiger partial charge in [-0.2, -0.15) is 0 Å². The minimum Gasteiger partial charge on any atom is -0.376 e. The van der Waals surface area contributed by atoms with E-state index in [2.05, 4.69) is 52.5 Å². The quantitative estimate of drug-likeness (QED) is 0.838. The van der Waals surface area contributed by atoms with Crippen molar-refractivity contribution in [2.75, 3.05) is 18.5 Å². The summed E-state index contributed by atoms with van der Waals surface area (Å²) in [4.78, 5) is 6.37. The summed E-state index contributed by atoms with van der Waals surface area (Å²) < 4.78 is 5.79. The normalized spacial score (nSPS) is 16.8. The van der Waals surface area contributed by atoms with E-state index in [0.29, 0.717) is 0 Å². The standard InChI is InChI=1S/C19H23N3OS/c1-15-6-8-17(9-7-15)21-19(24)22(14-18-5-3-11-23-18)13-16-4-2-10-20-12-16/h2,4,6-10,12,18H,3,5,11,13-14H2,1H3,(H,21,24). The molecule has 1 aliphatic rings. The number of aromatic nitrogens is 1. The van der Waals surface area contributed by atoms with Crippen LogP contribution in [0.25, 0.3) is 0 Å². The minimum atomic E-state index is 0.249. The Morgan fingerprint density at radius 1 is 1.33 bits per heavy atom. The third-order valence-corrected chi connectivity index (χ3v) is 4.49. The third kappa shape index (κ3) is 4.76. The van der Waals surface area contributed by atoms with Crippen LogP contribution in [0.2, 0.25) is 0 Å². The summed E-state index contributed by atoms with van der Waals surface area (Å²) >= 11 is 5.66. The van der Waals surface area contributed by atoms with E-state index in [1.165, 1.54) is 5.56 Å². The molecule has 0 spiro atoms. The Hall–Kier alpha value is -1.98. The molecule has 1 aromatic carbocycles. The summed E-state index contributed by atoms with van der Waals surface area (Å²) in [5.74, 6) is 0. The molecule has 3 rings (SSSR count). The first kappa shape index (κ1) is 16.9. The SMILES string of the molecule is Cc1ccc(NC(=S)N(Cc2cccnc2)CC2CCCO2)cc1. The number of thiocarbonyl (C=S) groups is 1. The lowest BCUT2D eigenvalue weighted by molar-refractivity contribution is 0.0905. The van der Waals surface area contributed by atoms with Gasteiger partial charge in [-0.25, -0.2) is 0 Å². The summed E-state index contributed by atoms with van der Waals surface area (Å²) in [5, 5.41) is 4.07. The predicted octanol–water partition coefficient (Wildman–Crippen LogP) is 3.77. The molecule has 2 aromatic rings. The molecule has 0 bridgehead atoms. The second-order valence-corrected chi connectivity index (χ2v) is 6.56. The molecular formula is C19H23N3OS. The second kappa shape index (κ2) is 8.22. The Kier molecular flexibility index (Phi) is 5.77. The van der Waals surface area contributed by atoms with Crippen LogP contribution in [-0.4, -0.2) is 34.3 Å². The summed E-state index contributed by atoms with van der Waals surface area (Å²) in [7, 11) is 0. The van der Waals surface area contributed by atoms with Gasteiger partial charge in [-0.3, -0.25) is 4.98 Å². The molecule has 4 nitrogen and oxygen atoms in total. The van der Waals surface area contributed by atoms with Gasteiger partial charge >= 0.3 is 0 Å². The van der Waals surface area contributed by atoms with Crippen LogP contribution < -0.4 is 5.32 Å². The Balaban J connectivity index is 1.69. The highest BCUT2D eigenvalue weighted by Gasteiger charge is 2.21. The van der Waals surface area contributed by atoms with Crippen molar-refractivity contribution in [3.05, 3.63) is 59.9 Å². The number of hydrogen-bond donors (Lipinski definition) is 1. The van der Waals surface area contributed by atoms with E-state index in [-0.39, 0.29) is 6.10 Å². The fourth-order valence-electron chi connectivity index (χ4n) is 2.80. The van der Waals surface area contributed by atoms with Crippen molar-refractivity contribution in [1.29, 1.82) is 0 Å². The molecule has 1 aliphatic heterocycles. The lowest BCUT2D eigenvalue weighted by atomic mass is 10.2. The number of pyridine rings is 1. The highest BCUT2D eigenvalue weighted by Crippen LogP contribution is 2.17. The molecule has 1 atom stereocenters. The number of rotatable bonds is 5. The number of anilines is 1. The largest absolute Gasteiger partial charge is 0.376 e. The van der Waals surface area contributed by atoms with E-state index in [0.717, 1.165) is 48.9 Å².